The van der Waals surface area contributed by atoms with Crippen LogP contribution in [0.5, 0.6) is 0 Å². The Kier molecular flexibility index (Phi) is 4.27. The molecular weight excluding hydrogens is 242 g/mol. The summed E-state index contributed by atoms with van der Waals surface area (Å²) in [7, 11) is 0. The van der Waals surface area contributed by atoms with Gasteiger partial charge in [0.1, 0.15) is 6.04 Å². The van der Waals surface area contributed by atoms with E-state index in [1.807, 2.05) is 32.0 Å². The van der Waals surface area contributed by atoms with Crippen molar-refractivity contribution in [1.29, 1.82) is 0 Å². The number of nitrogens with zero attached hydrogens (tertiary/aromatic N) is 1. The highest BCUT2D eigenvalue weighted by Gasteiger charge is 2.29. The number of nitrogen functional groups attached to an aromatic ring is 1. The quantitative estimate of drug-likeness (QED) is 0.796. The van der Waals surface area contributed by atoms with E-state index in [1.165, 1.54) is 0 Å². The van der Waals surface area contributed by atoms with Crippen molar-refractivity contribution >= 4 is 17.3 Å². The van der Waals surface area contributed by atoms with Crippen LogP contribution in [0.15, 0.2) is 18.2 Å². The van der Waals surface area contributed by atoms with Crippen LogP contribution < -0.4 is 16.0 Å². The molecule has 1 aliphatic heterocycles. The predicted octanol–water partition coefficient (Wildman–Crippen LogP) is 0.919. The highest BCUT2D eigenvalue weighted by Crippen LogP contribution is 2.24. The molecule has 0 radical (unpaired) electrons. The molecule has 1 amide bonds. The molecule has 1 unspecified atom stereocenters. The minimum atomic E-state index is -0.282. The number of carbonyl (C=O) groups is 1. The summed E-state index contributed by atoms with van der Waals surface area (Å²) in [6.45, 7) is 6.25. The summed E-state index contributed by atoms with van der Waals surface area (Å²) in [5, 5.41) is 2.85. The van der Waals surface area contributed by atoms with Crippen molar-refractivity contribution in [3.05, 3.63) is 23.8 Å². The molecule has 19 heavy (non-hydrogen) atoms. The number of likely N-dealkylation sites (N-methyl/N-ethyl adjacent to an activating group) is 1. The van der Waals surface area contributed by atoms with Crippen LogP contribution in [0.1, 0.15) is 12.5 Å². The Balaban J connectivity index is 2.23. The number of aryl methyl sites for hydroxylation is 1. The van der Waals surface area contributed by atoms with Crippen LogP contribution in [0.2, 0.25) is 0 Å². The van der Waals surface area contributed by atoms with Crippen molar-refractivity contribution in [2.45, 2.75) is 19.9 Å². The maximum Gasteiger partial charge on any atom is 0.245 e. The fourth-order valence-electron chi connectivity index (χ4n) is 2.23. The molecule has 3 N–H and O–H groups in total. The smallest absolute Gasteiger partial charge is 0.245 e. The third-order valence-corrected chi connectivity index (χ3v) is 3.38. The molecular formula is C14H21N3O2. The highest BCUT2D eigenvalue weighted by atomic mass is 16.5. The van der Waals surface area contributed by atoms with Gasteiger partial charge in [-0.1, -0.05) is 6.07 Å². The van der Waals surface area contributed by atoms with E-state index in [4.69, 9.17) is 10.5 Å². The van der Waals surface area contributed by atoms with Crippen molar-refractivity contribution in [2.24, 2.45) is 0 Å². The Bertz CT molecular complexity index is 462. The first-order chi connectivity index (χ1) is 9.13. The zero-order chi connectivity index (χ0) is 13.8. The number of nitrogens with two attached hydrogens (primary N) is 1. The summed E-state index contributed by atoms with van der Waals surface area (Å²) in [6, 6.07) is 5.63. The van der Waals surface area contributed by atoms with Crippen molar-refractivity contribution in [2.75, 3.05) is 36.9 Å². The van der Waals surface area contributed by atoms with E-state index in [1.54, 1.807) is 0 Å². The lowest BCUT2D eigenvalue weighted by Gasteiger charge is -2.36. The standard InChI is InChI=1S/C14H21N3O2/c1-3-16-14(18)13-9-19-7-6-17(13)11-5-4-10(2)12(15)8-11/h4-5,8,13H,3,6-7,9,15H2,1-2H3,(H,16,18). The maximum atomic E-state index is 12.1. The molecule has 5 heteroatoms. The van der Waals surface area contributed by atoms with E-state index in [-0.39, 0.29) is 11.9 Å². The van der Waals surface area contributed by atoms with Gasteiger partial charge in [0.15, 0.2) is 0 Å². The van der Waals surface area contributed by atoms with Crippen LogP contribution in [0.4, 0.5) is 11.4 Å². The molecule has 0 aromatic heterocycles. The van der Waals surface area contributed by atoms with Crippen LogP contribution in [0, 0.1) is 6.92 Å². The number of benzene rings is 1. The van der Waals surface area contributed by atoms with Crippen molar-refractivity contribution < 1.29 is 9.53 Å². The third kappa shape index (κ3) is 2.98. The van der Waals surface area contributed by atoms with Crippen LogP contribution >= 0.6 is 0 Å². The summed E-state index contributed by atoms with van der Waals surface area (Å²) in [4.78, 5) is 14.1. The van der Waals surface area contributed by atoms with E-state index in [2.05, 4.69) is 10.2 Å². The van der Waals surface area contributed by atoms with E-state index >= 15 is 0 Å². The van der Waals surface area contributed by atoms with Gasteiger partial charge in [0.25, 0.3) is 0 Å². The molecule has 0 bridgehead atoms. The number of carbonyl (C=O) groups excluding carboxylic acids is 1. The Labute approximate surface area is 113 Å². The zero-order valence-corrected chi connectivity index (χ0v) is 11.5. The second-order valence-electron chi connectivity index (χ2n) is 4.72. The average Bonchev–Trinajstić information content (AvgIpc) is 2.42. The zero-order valence-electron chi connectivity index (χ0n) is 11.5. The molecule has 104 valence electrons. The van der Waals surface area contributed by atoms with Gasteiger partial charge in [0.05, 0.1) is 13.2 Å². The number of morpholine rings is 1. The third-order valence-electron chi connectivity index (χ3n) is 3.38. The Hall–Kier alpha value is -1.75. The molecule has 1 aliphatic rings. The molecule has 5 nitrogen and oxygen atoms in total. The molecule has 1 heterocycles. The molecule has 1 fully saturated rings. The minimum Gasteiger partial charge on any atom is -0.398 e. The van der Waals surface area contributed by atoms with Crippen LogP contribution in [-0.4, -0.2) is 38.3 Å². The van der Waals surface area contributed by atoms with E-state index < -0.39 is 0 Å². The summed E-state index contributed by atoms with van der Waals surface area (Å²) in [5.41, 5.74) is 8.72. The van der Waals surface area contributed by atoms with Gasteiger partial charge < -0.3 is 20.7 Å². The minimum absolute atomic E-state index is 0.00125. The second-order valence-corrected chi connectivity index (χ2v) is 4.72. The molecule has 1 atom stereocenters. The molecule has 0 saturated carbocycles. The van der Waals surface area contributed by atoms with Crippen LogP contribution in [-0.2, 0) is 9.53 Å². The van der Waals surface area contributed by atoms with Gasteiger partial charge in [0.2, 0.25) is 5.91 Å². The van der Waals surface area contributed by atoms with E-state index in [0.29, 0.717) is 26.3 Å². The van der Waals surface area contributed by atoms with Gasteiger partial charge >= 0.3 is 0 Å². The van der Waals surface area contributed by atoms with Gasteiger partial charge in [-0.2, -0.15) is 0 Å². The van der Waals surface area contributed by atoms with Gasteiger partial charge in [-0.25, -0.2) is 0 Å². The van der Waals surface area contributed by atoms with Gasteiger partial charge in [-0.3, -0.25) is 4.79 Å². The number of hydrogen-bond acceptors (Lipinski definition) is 4. The lowest BCUT2D eigenvalue weighted by atomic mass is 10.1. The first-order valence-electron chi connectivity index (χ1n) is 6.61. The van der Waals surface area contributed by atoms with Crippen LogP contribution in [0.25, 0.3) is 0 Å². The Morgan fingerprint density at radius 1 is 1.58 bits per heavy atom. The average molecular weight is 263 g/mol. The van der Waals surface area contributed by atoms with Crippen molar-refractivity contribution in [1.82, 2.24) is 5.32 Å². The SMILES string of the molecule is CCNC(=O)C1COCCN1c1ccc(C)c(N)c1. The fourth-order valence-corrected chi connectivity index (χ4v) is 2.23. The number of anilines is 2. The number of amides is 1. The van der Waals surface area contributed by atoms with Crippen molar-refractivity contribution in [3.63, 3.8) is 0 Å². The molecule has 1 aromatic rings. The van der Waals surface area contributed by atoms with Crippen molar-refractivity contribution in [3.8, 4) is 0 Å². The molecule has 2 rings (SSSR count). The van der Waals surface area contributed by atoms with Gasteiger partial charge in [-0.05, 0) is 31.5 Å². The topological polar surface area (TPSA) is 67.6 Å². The lowest BCUT2D eigenvalue weighted by Crippen LogP contribution is -2.54. The largest absolute Gasteiger partial charge is 0.398 e. The first kappa shape index (κ1) is 13.7. The molecule has 1 saturated heterocycles. The predicted molar refractivity (Wildman–Crippen MR) is 76.2 cm³/mol. The Morgan fingerprint density at radius 3 is 3.05 bits per heavy atom. The maximum absolute atomic E-state index is 12.1. The number of rotatable bonds is 3. The lowest BCUT2D eigenvalue weighted by molar-refractivity contribution is -0.124. The number of ether oxygens (including phenoxy) is 1. The summed E-state index contributed by atoms with van der Waals surface area (Å²) < 4.78 is 5.42. The highest BCUT2D eigenvalue weighted by molar-refractivity contribution is 5.86. The van der Waals surface area contributed by atoms with Crippen LogP contribution in [0.3, 0.4) is 0 Å². The first-order valence-corrected chi connectivity index (χ1v) is 6.61. The van der Waals surface area contributed by atoms with E-state index in [0.717, 1.165) is 16.9 Å². The molecule has 1 aromatic carbocycles. The molecule has 0 spiro atoms. The Morgan fingerprint density at radius 2 is 2.37 bits per heavy atom. The second kappa shape index (κ2) is 5.93. The number of nitrogens with one attached hydrogen (secondary N) is 1. The van der Waals surface area contributed by atoms with E-state index in [9.17, 15) is 4.79 Å². The van der Waals surface area contributed by atoms with Gasteiger partial charge in [0, 0.05) is 24.5 Å². The summed E-state index contributed by atoms with van der Waals surface area (Å²) >= 11 is 0. The summed E-state index contributed by atoms with van der Waals surface area (Å²) in [5.74, 6) is 0.00125. The normalized spacial score (nSPS) is 19.3. The number of hydrogen-bond donors (Lipinski definition) is 2. The monoisotopic (exact) mass is 263 g/mol. The summed E-state index contributed by atoms with van der Waals surface area (Å²) in [6.07, 6.45) is 0. The van der Waals surface area contributed by atoms with Gasteiger partial charge in [-0.15, -0.1) is 0 Å². The fraction of sp³-hybridized carbons (Fsp3) is 0.500. The molecule has 0 aliphatic carbocycles.